The molecule has 3 N–H and O–H groups in total. The summed E-state index contributed by atoms with van der Waals surface area (Å²) in [6.07, 6.45) is 3.12. The van der Waals surface area contributed by atoms with Crippen LogP contribution in [0.15, 0.2) is 12.1 Å². The van der Waals surface area contributed by atoms with Crippen LogP contribution in [0.4, 0.5) is 0 Å². The van der Waals surface area contributed by atoms with Gasteiger partial charge < -0.3 is 4.90 Å². The van der Waals surface area contributed by atoms with Gasteiger partial charge in [0.2, 0.25) is 0 Å². The third kappa shape index (κ3) is 3.65. The summed E-state index contributed by atoms with van der Waals surface area (Å²) < 4.78 is 0. The quantitative estimate of drug-likeness (QED) is 0.599. The van der Waals surface area contributed by atoms with E-state index in [0.29, 0.717) is 0 Å². The molecule has 0 spiro atoms. The van der Waals surface area contributed by atoms with E-state index in [0.717, 1.165) is 19.3 Å². The Morgan fingerprint density at radius 3 is 1.90 bits per heavy atom. The van der Waals surface area contributed by atoms with Crippen molar-refractivity contribution in [1.29, 1.82) is 0 Å². The highest BCUT2D eigenvalue weighted by Gasteiger charge is 2.37. The maximum Gasteiger partial charge on any atom is 0.0434 e. The number of rotatable bonds is 7. The van der Waals surface area contributed by atoms with E-state index in [-0.39, 0.29) is 11.6 Å². The molecule has 1 aromatic carbocycles. The first-order valence-corrected chi connectivity index (χ1v) is 8.02. The van der Waals surface area contributed by atoms with Crippen molar-refractivity contribution in [2.75, 3.05) is 14.1 Å². The molecule has 0 aliphatic heterocycles. The number of hydrogen-bond acceptors (Lipinski definition) is 3. The molecule has 0 saturated carbocycles. The molecule has 0 bridgehead atoms. The van der Waals surface area contributed by atoms with Crippen molar-refractivity contribution in [3.8, 4) is 0 Å². The highest BCUT2D eigenvalue weighted by atomic mass is 15.3. The van der Waals surface area contributed by atoms with Gasteiger partial charge in [-0.05, 0) is 70.8 Å². The number of aryl methyl sites for hydroxylation is 3. The van der Waals surface area contributed by atoms with E-state index in [1.165, 1.54) is 22.3 Å². The molecule has 0 fully saturated rings. The third-order valence-corrected chi connectivity index (χ3v) is 5.21. The molecule has 0 heterocycles. The summed E-state index contributed by atoms with van der Waals surface area (Å²) in [6, 6.07) is 4.78. The fraction of sp³-hybridized carbons (Fsp3) is 0.667. The van der Waals surface area contributed by atoms with Crippen LogP contribution < -0.4 is 11.3 Å². The van der Waals surface area contributed by atoms with Gasteiger partial charge in [0.25, 0.3) is 0 Å². The van der Waals surface area contributed by atoms with Crippen LogP contribution in [0.2, 0.25) is 0 Å². The van der Waals surface area contributed by atoms with Gasteiger partial charge in [-0.2, -0.15) is 0 Å². The standard InChI is InChI=1S/C18H33N3/c1-8-18(9-2,21(6)7)17(20-19)12-16-14(4)10-13(3)11-15(16)5/h10-11,17,20H,8-9,12,19H2,1-7H3. The lowest BCUT2D eigenvalue weighted by Crippen LogP contribution is -2.61. The van der Waals surface area contributed by atoms with E-state index in [1.54, 1.807) is 0 Å². The van der Waals surface area contributed by atoms with Crippen LogP contribution in [0.1, 0.15) is 48.9 Å². The largest absolute Gasteiger partial charge is 0.302 e. The van der Waals surface area contributed by atoms with E-state index in [2.05, 4.69) is 71.2 Å². The van der Waals surface area contributed by atoms with Crippen LogP contribution in [0.3, 0.4) is 0 Å². The van der Waals surface area contributed by atoms with Gasteiger partial charge in [-0.15, -0.1) is 0 Å². The lowest BCUT2D eigenvalue weighted by atomic mass is 9.79. The summed E-state index contributed by atoms with van der Waals surface area (Å²) in [4.78, 5) is 2.33. The Kier molecular flexibility index (Phi) is 6.39. The summed E-state index contributed by atoms with van der Waals surface area (Å²) in [5.41, 5.74) is 8.68. The van der Waals surface area contributed by atoms with Crippen LogP contribution in [0, 0.1) is 20.8 Å². The van der Waals surface area contributed by atoms with Crippen molar-refractivity contribution >= 4 is 0 Å². The summed E-state index contributed by atoms with van der Waals surface area (Å²) >= 11 is 0. The van der Waals surface area contributed by atoms with Gasteiger partial charge in [0.1, 0.15) is 0 Å². The van der Waals surface area contributed by atoms with Crippen LogP contribution in [0.5, 0.6) is 0 Å². The van der Waals surface area contributed by atoms with Crippen molar-refractivity contribution in [2.24, 2.45) is 5.84 Å². The minimum atomic E-state index is 0.0819. The molecule has 0 aromatic heterocycles. The number of benzene rings is 1. The molecule has 3 heteroatoms. The van der Waals surface area contributed by atoms with Gasteiger partial charge >= 0.3 is 0 Å². The molecule has 0 saturated heterocycles. The first-order chi connectivity index (χ1) is 9.82. The molecule has 0 amide bonds. The molecule has 1 atom stereocenters. The van der Waals surface area contributed by atoms with Crippen LogP contribution >= 0.6 is 0 Å². The second-order valence-electron chi connectivity index (χ2n) is 6.51. The SMILES string of the molecule is CCC(CC)(C(Cc1c(C)cc(C)cc1C)NN)N(C)C. The Bertz CT molecular complexity index is 439. The number of nitrogens with zero attached hydrogens (tertiary/aromatic N) is 1. The van der Waals surface area contributed by atoms with Crippen LogP contribution in [0.25, 0.3) is 0 Å². The number of hydrogen-bond donors (Lipinski definition) is 2. The molecule has 0 aliphatic carbocycles. The molecule has 1 unspecified atom stereocenters. The zero-order valence-electron chi connectivity index (χ0n) is 14.9. The fourth-order valence-corrected chi connectivity index (χ4v) is 3.83. The first-order valence-electron chi connectivity index (χ1n) is 8.02. The van der Waals surface area contributed by atoms with Gasteiger partial charge in [0.15, 0.2) is 0 Å². The second-order valence-corrected chi connectivity index (χ2v) is 6.51. The second kappa shape index (κ2) is 7.39. The minimum absolute atomic E-state index is 0.0819. The first kappa shape index (κ1) is 18.1. The predicted molar refractivity (Wildman–Crippen MR) is 92.5 cm³/mol. The Morgan fingerprint density at radius 1 is 1.10 bits per heavy atom. The van der Waals surface area contributed by atoms with E-state index in [1.807, 2.05) is 0 Å². The summed E-state index contributed by atoms with van der Waals surface area (Å²) in [6.45, 7) is 11.1. The average Bonchev–Trinajstić information content (AvgIpc) is 2.41. The molecule has 0 aliphatic rings. The third-order valence-electron chi connectivity index (χ3n) is 5.21. The van der Waals surface area contributed by atoms with Gasteiger partial charge in [0.05, 0.1) is 0 Å². The number of nitrogens with two attached hydrogens (primary N) is 1. The van der Waals surface area contributed by atoms with Crippen LogP contribution in [-0.2, 0) is 6.42 Å². The number of hydrazine groups is 1. The number of nitrogens with one attached hydrogen (secondary N) is 1. The van der Waals surface area contributed by atoms with Gasteiger partial charge in [-0.25, -0.2) is 0 Å². The zero-order chi connectivity index (χ0) is 16.2. The Balaban J connectivity index is 3.18. The molecule has 3 nitrogen and oxygen atoms in total. The highest BCUT2D eigenvalue weighted by molar-refractivity contribution is 5.38. The zero-order valence-corrected chi connectivity index (χ0v) is 14.9. The van der Waals surface area contributed by atoms with Crippen molar-refractivity contribution in [1.82, 2.24) is 10.3 Å². The van der Waals surface area contributed by atoms with E-state index in [4.69, 9.17) is 5.84 Å². The van der Waals surface area contributed by atoms with Crippen molar-refractivity contribution in [3.63, 3.8) is 0 Å². The van der Waals surface area contributed by atoms with Crippen molar-refractivity contribution in [2.45, 2.75) is 65.5 Å². The minimum Gasteiger partial charge on any atom is -0.302 e. The lowest BCUT2D eigenvalue weighted by Gasteiger charge is -2.45. The summed E-state index contributed by atoms with van der Waals surface area (Å²) in [5, 5.41) is 0. The molecule has 1 rings (SSSR count). The Labute approximate surface area is 130 Å². The van der Waals surface area contributed by atoms with Gasteiger partial charge in [-0.3, -0.25) is 11.3 Å². The van der Waals surface area contributed by atoms with Crippen LogP contribution in [-0.4, -0.2) is 30.6 Å². The van der Waals surface area contributed by atoms with E-state index >= 15 is 0 Å². The molecule has 0 radical (unpaired) electrons. The molecule has 120 valence electrons. The Hall–Kier alpha value is -0.900. The monoisotopic (exact) mass is 291 g/mol. The van der Waals surface area contributed by atoms with E-state index < -0.39 is 0 Å². The van der Waals surface area contributed by atoms with Crippen molar-refractivity contribution in [3.05, 3.63) is 34.4 Å². The molecule has 21 heavy (non-hydrogen) atoms. The maximum atomic E-state index is 5.95. The van der Waals surface area contributed by atoms with E-state index in [9.17, 15) is 0 Å². The maximum absolute atomic E-state index is 5.95. The smallest absolute Gasteiger partial charge is 0.0434 e. The predicted octanol–water partition coefficient (Wildman–Crippen LogP) is 3.11. The summed E-state index contributed by atoms with van der Waals surface area (Å²) in [7, 11) is 4.32. The lowest BCUT2D eigenvalue weighted by molar-refractivity contribution is 0.0881. The highest BCUT2D eigenvalue weighted by Crippen LogP contribution is 2.29. The molecule has 1 aromatic rings. The van der Waals surface area contributed by atoms with Crippen molar-refractivity contribution < 1.29 is 0 Å². The number of likely N-dealkylation sites (N-methyl/N-ethyl adjacent to an activating group) is 1. The van der Waals surface area contributed by atoms with Gasteiger partial charge in [-0.1, -0.05) is 31.5 Å². The molecular weight excluding hydrogens is 258 g/mol. The fourth-order valence-electron chi connectivity index (χ4n) is 3.83. The normalized spacial score (nSPS) is 13.8. The summed E-state index contributed by atoms with van der Waals surface area (Å²) in [5.74, 6) is 5.95. The average molecular weight is 291 g/mol. The Morgan fingerprint density at radius 2 is 1.57 bits per heavy atom. The topological polar surface area (TPSA) is 41.3 Å². The molecular formula is C18H33N3. The van der Waals surface area contributed by atoms with Gasteiger partial charge in [0, 0.05) is 11.6 Å².